The fourth-order valence-electron chi connectivity index (χ4n) is 2.28. The van der Waals surface area contributed by atoms with Crippen molar-refractivity contribution in [3.8, 4) is 11.3 Å². The predicted molar refractivity (Wildman–Crippen MR) is 90.1 cm³/mol. The Hall–Kier alpha value is -2.80. The van der Waals surface area contributed by atoms with Gasteiger partial charge in [-0.3, -0.25) is 14.9 Å². The van der Waals surface area contributed by atoms with Crippen LogP contribution in [0.1, 0.15) is 12.0 Å². The zero-order valence-corrected chi connectivity index (χ0v) is 13.6. The van der Waals surface area contributed by atoms with Gasteiger partial charge in [-0.1, -0.05) is 11.6 Å². The van der Waals surface area contributed by atoms with E-state index in [0.717, 1.165) is 17.7 Å². The van der Waals surface area contributed by atoms with Gasteiger partial charge in [-0.25, -0.2) is 8.78 Å². The molecule has 0 atom stereocenters. The highest BCUT2D eigenvalue weighted by atomic mass is 35.5. The Balaban J connectivity index is 1.59. The first-order chi connectivity index (χ1) is 12.0. The molecule has 0 bridgehead atoms. The molecule has 1 amide bonds. The molecule has 0 fully saturated rings. The first-order valence-corrected chi connectivity index (χ1v) is 7.80. The SMILES string of the molecule is O=C(CCc1cc(F)c(Cl)c(F)c1)Nc1cc(-c2ccncc2)n[nH]1. The largest absolute Gasteiger partial charge is 0.311 e. The van der Waals surface area contributed by atoms with E-state index in [0.29, 0.717) is 17.1 Å². The summed E-state index contributed by atoms with van der Waals surface area (Å²) >= 11 is 5.43. The van der Waals surface area contributed by atoms with Gasteiger partial charge in [-0.15, -0.1) is 0 Å². The summed E-state index contributed by atoms with van der Waals surface area (Å²) in [6.07, 6.45) is 3.53. The summed E-state index contributed by atoms with van der Waals surface area (Å²) in [6, 6.07) is 7.53. The van der Waals surface area contributed by atoms with Crippen molar-refractivity contribution in [2.24, 2.45) is 0 Å². The number of aromatic nitrogens is 3. The van der Waals surface area contributed by atoms with Gasteiger partial charge in [0, 0.05) is 30.4 Å². The molecule has 0 spiro atoms. The van der Waals surface area contributed by atoms with Crippen LogP contribution >= 0.6 is 11.6 Å². The zero-order chi connectivity index (χ0) is 17.8. The van der Waals surface area contributed by atoms with Crippen LogP contribution in [-0.4, -0.2) is 21.1 Å². The second-order valence-electron chi connectivity index (χ2n) is 5.32. The van der Waals surface area contributed by atoms with Crippen molar-refractivity contribution >= 4 is 23.3 Å². The molecule has 0 saturated heterocycles. The Labute approximate surface area is 147 Å². The van der Waals surface area contributed by atoms with E-state index >= 15 is 0 Å². The molecule has 0 unspecified atom stereocenters. The number of carbonyl (C=O) groups is 1. The number of anilines is 1. The molecular weight excluding hydrogens is 350 g/mol. The van der Waals surface area contributed by atoms with Gasteiger partial charge in [0.05, 0.1) is 5.69 Å². The second kappa shape index (κ2) is 7.40. The number of hydrogen-bond donors (Lipinski definition) is 2. The summed E-state index contributed by atoms with van der Waals surface area (Å²) in [4.78, 5) is 15.9. The van der Waals surface area contributed by atoms with Crippen LogP contribution in [0.2, 0.25) is 5.02 Å². The van der Waals surface area contributed by atoms with Crippen LogP contribution in [0.3, 0.4) is 0 Å². The van der Waals surface area contributed by atoms with Crippen LogP contribution in [-0.2, 0) is 11.2 Å². The third kappa shape index (κ3) is 4.19. The molecule has 8 heteroatoms. The Bertz CT molecular complexity index is 876. The fraction of sp³-hybridized carbons (Fsp3) is 0.118. The number of carbonyl (C=O) groups excluding carboxylic acids is 1. The smallest absolute Gasteiger partial charge is 0.225 e. The van der Waals surface area contributed by atoms with Gasteiger partial charge in [0.1, 0.15) is 22.5 Å². The number of rotatable bonds is 5. The molecule has 0 radical (unpaired) electrons. The molecule has 0 saturated carbocycles. The number of amides is 1. The highest BCUT2D eigenvalue weighted by Gasteiger charge is 2.11. The minimum atomic E-state index is -0.840. The lowest BCUT2D eigenvalue weighted by Gasteiger charge is -2.04. The number of nitrogens with zero attached hydrogens (tertiary/aromatic N) is 2. The van der Waals surface area contributed by atoms with Gasteiger partial charge in [0.2, 0.25) is 5.91 Å². The van der Waals surface area contributed by atoms with Gasteiger partial charge in [0.15, 0.2) is 0 Å². The molecule has 25 heavy (non-hydrogen) atoms. The highest BCUT2D eigenvalue weighted by molar-refractivity contribution is 6.30. The van der Waals surface area contributed by atoms with Gasteiger partial charge < -0.3 is 5.32 Å². The van der Waals surface area contributed by atoms with Crippen molar-refractivity contribution < 1.29 is 13.6 Å². The van der Waals surface area contributed by atoms with Crippen LogP contribution in [0.25, 0.3) is 11.3 Å². The molecule has 5 nitrogen and oxygen atoms in total. The summed E-state index contributed by atoms with van der Waals surface area (Å²) in [5, 5.41) is 8.94. The van der Waals surface area contributed by atoms with Gasteiger partial charge in [-0.2, -0.15) is 5.10 Å². The Morgan fingerprint density at radius 2 is 1.84 bits per heavy atom. The first-order valence-electron chi connectivity index (χ1n) is 7.42. The lowest BCUT2D eigenvalue weighted by molar-refractivity contribution is -0.116. The highest BCUT2D eigenvalue weighted by Crippen LogP contribution is 2.22. The van der Waals surface area contributed by atoms with E-state index in [9.17, 15) is 13.6 Å². The second-order valence-corrected chi connectivity index (χ2v) is 5.70. The van der Waals surface area contributed by atoms with E-state index in [4.69, 9.17) is 11.6 Å². The monoisotopic (exact) mass is 362 g/mol. The third-order valence-corrected chi connectivity index (χ3v) is 3.87. The molecule has 0 aliphatic carbocycles. The molecule has 2 N–H and O–H groups in total. The Kier molecular flexibility index (Phi) is 5.04. The number of aromatic amines is 1. The van der Waals surface area contributed by atoms with Crippen LogP contribution in [0.4, 0.5) is 14.6 Å². The molecule has 2 aromatic heterocycles. The number of aryl methyl sites for hydroxylation is 1. The lowest BCUT2D eigenvalue weighted by Crippen LogP contribution is -2.12. The minimum absolute atomic E-state index is 0.0596. The lowest BCUT2D eigenvalue weighted by atomic mass is 10.1. The van der Waals surface area contributed by atoms with Gasteiger partial charge in [-0.05, 0) is 36.2 Å². The maximum atomic E-state index is 13.4. The Morgan fingerprint density at radius 3 is 2.52 bits per heavy atom. The quantitative estimate of drug-likeness (QED) is 0.674. The molecule has 1 aromatic carbocycles. The number of hydrogen-bond acceptors (Lipinski definition) is 3. The normalized spacial score (nSPS) is 10.7. The van der Waals surface area contributed by atoms with Crippen LogP contribution in [0.15, 0.2) is 42.7 Å². The number of halogens is 3. The number of H-pyrrole nitrogens is 1. The van der Waals surface area contributed by atoms with E-state index in [1.807, 2.05) is 0 Å². The molecule has 3 rings (SSSR count). The molecule has 3 aromatic rings. The third-order valence-electron chi connectivity index (χ3n) is 3.51. The van der Waals surface area contributed by atoms with Crippen molar-refractivity contribution in [3.05, 3.63) is 64.9 Å². The van der Waals surface area contributed by atoms with E-state index < -0.39 is 16.7 Å². The van der Waals surface area contributed by atoms with Crippen molar-refractivity contribution in [1.82, 2.24) is 15.2 Å². The summed E-state index contributed by atoms with van der Waals surface area (Å²) in [7, 11) is 0. The average molecular weight is 363 g/mol. The summed E-state index contributed by atoms with van der Waals surface area (Å²) in [6.45, 7) is 0. The van der Waals surface area contributed by atoms with Crippen molar-refractivity contribution in [2.75, 3.05) is 5.32 Å². The molecular formula is C17H13ClF2N4O. The van der Waals surface area contributed by atoms with Crippen molar-refractivity contribution in [2.45, 2.75) is 12.8 Å². The van der Waals surface area contributed by atoms with E-state index in [-0.39, 0.29) is 18.7 Å². The summed E-state index contributed by atoms with van der Waals surface area (Å²) in [5.41, 5.74) is 1.88. The predicted octanol–water partition coefficient (Wildman–Crippen LogP) is 3.97. The maximum Gasteiger partial charge on any atom is 0.225 e. The van der Waals surface area contributed by atoms with Crippen molar-refractivity contribution in [1.29, 1.82) is 0 Å². The fourth-order valence-corrected chi connectivity index (χ4v) is 2.39. The zero-order valence-electron chi connectivity index (χ0n) is 12.9. The van der Waals surface area contributed by atoms with Gasteiger partial charge >= 0.3 is 0 Å². The molecule has 2 heterocycles. The maximum absolute atomic E-state index is 13.4. The number of benzene rings is 1. The Morgan fingerprint density at radius 1 is 1.16 bits per heavy atom. The van der Waals surface area contributed by atoms with Crippen LogP contribution < -0.4 is 5.32 Å². The van der Waals surface area contributed by atoms with E-state index in [1.54, 1.807) is 30.6 Å². The molecule has 0 aliphatic rings. The first kappa shape index (κ1) is 17.0. The summed E-state index contributed by atoms with van der Waals surface area (Å²) < 4.78 is 26.8. The van der Waals surface area contributed by atoms with Crippen molar-refractivity contribution in [3.63, 3.8) is 0 Å². The average Bonchev–Trinajstić information content (AvgIpc) is 3.07. The van der Waals surface area contributed by atoms with E-state index in [2.05, 4.69) is 20.5 Å². The molecule has 128 valence electrons. The molecule has 0 aliphatic heterocycles. The standard InChI is InChI=1S/C17H13ClF2N4O/c18-17-12(19)7-10(8-13(17)20)1-2-16(25)22-15-9-14(23-24-15)11-3-5-21-6-4-11/h3-9H,1-2H2,(H2,22,23,24,25). The number of nitrogens with one attached hydrogen (secondary N) is 2. The summed E-state index contributed by atoms with van der Waals surface area (Å²) in [5.74, 6) is -1.55. The topological polar surface area (TPSA) is 70.7 Å². The van der Waals surface area contributed by atoms with E-state index in [1.165, 1.54) is 0 Å². The number of pyridine rings is 1. The van der Waals surface area contributed by atoms with Crippen LogP contribution in [0, 0.1) is 11.6 Å². The van der Waals surface area contributed by atoms with Gasteiger partial charge in [0.25, 0.3) is 0 Å². The van der Waals surface area contributed by atoms with Crippen LogP contribution in [0.5, 0.6) is 0 Å². The minimum Gasteiger partial charge on any atom is -0.311 e.